The third-order valence-corrected chi connectivity index (χ3v) is 5.83. The standard InChI is InChI=1S/C22H30/c1-3-18-6-8-19(9-7-18)16-20-10-14-22(15-11-20)21-12-4-17(2)5-13-21/h3-5,12-14,18-20H,1,6-11,15-16H2,2H3. The summed E-state index contributed by atoms with van der Waals surface area (Å²) in [7, 11) is 0. The normalized spacial score (nSPS) is 29.0. The summed E-state index contributed by atoms with van der Waals surface area (Å²) in [6.07, 6.45) is 15.7. The zero-order valence-electron chi connectivity index (χ0n) is 14.1. The van der Waals surface area contributed by atoms with Gasteiger partial charge in [0.25, 0.3) is 0 Å². The number of hydrogen-bond acceptors (Lipinski definition) is 0. The first-order valence-electron chi connectivity index (χ1n) is 9.13. The van der Waals surface area contributed by atoms with Crippen LogP contribution in [0.1, 0.15) is 62.5 Å². The molecule has 0 N–H and O–H groups in total. The highest BCUT2D eigenvalue weighted by atomic mass is 14.3. The van der Waals surface area contributed by atoms with Gasteiger partial charge in [-0.1, -0.05) is 42.0 Å². The first-order valence-corrected chi connectivity index (χ1v) is 9.13. The maximum Gasteiger partial charge on any atom is -0.0228 e. The van der Waals surface area contributed by atoms with Crippen LogP contribution < -0.4 is 0 Å². The van der Waals surface area contributed by atoms with Gasteiger partial charge >= 0.3 is 0 Å². The summed E-state index contributed by atoms with van der Waals surface area (Å²) in [6.45, 7) is 6.12. The van der Waals surface area contributed by atoms with Gasteiger partial charge in [0.05, 0.1) is 0 Å². The fourth-order valence-corrected chi connectivity index (χ4v) is 4.26. The summed E-state index contributed by atoms with van der Waals surface area (Å²) in [5.41, 5.74) is 4.37. The molecule has 1 aromatic carbocycles. The molecule has 118 valence electrons. The van der Waals surface area contributed by atoms with Crippen molar-refractivity contribution in [1.29, 1.82) is 0 Å². The maximum atomic E-state index is 3.96. The Kier molecular flexibility index (Phi) is 5.18. The highest BCUT2D eigenvalue weighted by molar-refractivity contribution is 5.66. The lowest BCUT2D eigenvalue weighted by atomic mass is 9.75. The minimum absolute atomic E-state index is 0.802. The van der Waals surface area contributed by atoms with Crippen molar-refractivity contribution < 1.29 is 0 Å². The molecule has 0 radical (unpaired) electrons. The van der Waals surface area contributed by atoms with Crippen molar-refractivity contribution >= 4 is 5.57 Å². The predicted octanol–water partition coefficient (Wildman–Crippen LogP) is 6.56. The van der Waals surface area contributed by atoms with E-state index in [0.29, 0.717) is 0 Å². The van der Waals surface area contributed by atoms with Crippen molar-refractivity contribution in [3.63, 3.8) is 0 Å². The molecule has 0 spiro atoms. The molecule has 0 bridgehead atoms. The van der Waals surface area contributed by atoms with Crippen molar-refractivity contribution in [2.75, 3.05) is 0 Å². The number of benzene rings is 1. The summed E-state index contributed by atoms with van der Waals surface area (Å²) in [5.74, 6) is 2.71. The van der Waals surface area contributed by atoms with Crippen LogP contribution in [-0.4, -0.2) is 0 Å². The zero-order chi connectivity index (χ0) is 15.4. The Hall–Kier alpha value is -1.30. The molecule has 0 heteroatoms. The van der Waals surface area contributed by atoms with Crippen LogP contribution in [0.25, 0.3) is 5.57 Å². The largest absolute Gasteiger partial charge is 0.103 e. The van der Waals surface area contributed by atoms with Gasteiger partial charge in [-0.25, -0.2) is 0 Å². The van der Waals surface area contributed by atoms with E-state index in [0.717, 1.165) is 17.8 Å². The Balaban J connectivity index is 1.51. The van der Waals surface area contributed by atoms with Gasteiger partial charge in [-0.3, -0.25) is 0 Å². The fourth-order valence-electron chi connectivity index (χ4n) is 4.26. The highest BCUT2D eigenvalue weighted by Gasteiger charge is 2.23. The van der Waals surface area contributed by atoms with Gasteiger partial charge in [0.15, 0.2) is 0 Å². The van der Waals surface area contributed by atoms with Gasteiger partial charge in [0, 0.05) is 0 Å². The van der Waals surface area contributed by atoms with E-state index in [1.165, 1.54) is 62.5 Å². The van der Waals surface area contributed by atoms with Crippen molar-refractivity contribution in [2.45, 2.75) is 58.3 Å². The summed E-state index contributed by atoms with van der Waals surface area (Å²) in [5, 5.41) is 0. The van der Waals surface area contributed by atoms with Gasteiger partial charge in [0.1, 0.15) is 0 Å². The minimum atomic E-state index is 0.802. The summed E-state index contributed by atoms with van der Waals surface area (Å²) in [4.78, 5) is 0. The molecule has 1 unspecified atom stereocenters. The second-order valence-corrected chi connectivity index (χ2v) is 7.49. The van der Waals surface area contributed by atoms with Crippen molar-refractivity contribution in [2.24, 2.45) is 17.8 Å². The Morgan fingerprint density at radius 3 is 2.32 bits per heavy atom. The highest BCUT2D eigenvalue weighted by Crippen LogP contribution is 2.38. The molecule has 2 aliphatic carbocycles. The van der Waals surface area contributed by atoms with Crippen LogP contribution in [0.4, 0.5) is 0 Å². The lowest BCUT2D eigenvalue weighted by Crippen LogP contribution is -2.17. The molecule has 0 amide bonds. The smallest absolute Gasteiger partial charge is 0.0228 e. The molecular weight excluding hydrogens is 264 g/mol. The van der Waals surface area contributed by atoms with Crippen LogP contribution in [0.3, 0.4) is 0 Å². The maximum absolute atomic E-state index is 3.96. The molecule has 1 saturated carbocycles. The Labute approximate surface area is 136 Å². The van der Waals surface area contributed by atoms with Gasteiger partial charge < -0.3 is 0 Å². The molecule has 0 heterocycles. The van der Waals surface area contributed by atoms with Crippen LogP contribution in [0.5, 0.6) is 0 Å². The first kappa shape index (κ1) is 15.6. The van der Waals surface area contributed by atoms with Crippen LogP contribution in [0, 0.1) is 24.7 Å². The van der Waals surface area contributed by atoms with Crippen LogP contribution >= 0.6 is 0 Å². The second-order valence-electron chi connectivity index (χ2n) is 7.49. The fraction of sp³-hybridized carbons (Fsp3) is 0.545. The Morgan fingerprint density at radius 1 is 1.00 bits per heavy atom. The average molecular weight is 294 g/mol. The molecule has 1 aromatic rings. The van der Waals surface area contributed by atoms with E-state index >= 15 is 0 Å². The number of hydrogen-bond donors (Lipinski definition) is 0. The van der Waals surface area contributed by atoms with E-state index in [9.17, 15) is 0 Å². The van der Waals surface area contributed by atoms with E-state index in [4.69, 9.17) is 0 Å². The summed E-state index contributed by atoms with van der Waals surface area (Å²) in [6, 6.07) is 9.05. The summed E-state index contributed by atoms with van der Waals surface area (Å²) < 4.78 is 0. The second kappa shape index (κ2) is 7.31. The van der Waals surface area contributed by atoms with E-state index in [2.05, 4.69) is 49.9 Å². The van der Waals surface area contributed by atoms with Gasteiger partial charge in [-0.2, -0.15) is 0 Å². The Bertz CT molecular complexity index is 511. The lowest BCUT2D eigenvalue weighted by Gasteiger charge is -2.31. The van der Waals surface area contributed by atoms with E-state index in [1.54, 1.807) is 5.57 Å². The van der Waals surface area contributed by atoms with Crippen LogP contribution in [0.2, 0.25) is 0 Å². The molecule has 3 rings (SSSR count). The molecule has 0 aliphatic heterocycles. The molecule has 1 fully saturated rings. The average Bonchev–Trinajstić information content (AvgIpc) is 2.57. The van der Waals surface area contributed by atoms with Crippen molar-refractivity contribution in [3.8, 4) is 0 Å². The topological polar surface area (TPSA) is 0 Å². The molecule has 22 heavy (non-hydrogen) atoms. The quantitative estimate of drug-likeness (QED) is 0.551. The van der Waals surface area contributed by atoms with Crippen molar-refractivity contribution in [1.82, 2.24) is 0 Å². The lowest BCUT2D eigenvalue weighted by molar-refractivity contribution is 0.252. The third-order valence-electron chi connectivity index (χ3n) is 5.83. The van der Waals surface area contributed by atoms with Crippen molar-refractivity contribution in [3.05, 3.63) is 54.1 Å². The Morgan fingerprint density at radius 2 is 1.73 bits per heavy atom. The number of allylic oxidation sites excluding steroid dienone is 3. The first-order chi connectivity index (χ1) is 10.7. The number of rotatable bonds is 4. The molecule has 1 atom stereocenters. The third kappa shape index (κ3) is 3.91. The van der Waals surface area contributed by atoms with E-state index in [-0.39, 0.29) is 0 Å². The molecule has 2 aliphatic rings. The monoisotopic (exact) mass is 294 g/mol. The molecule has 0 aromatic heterocycles. The predicted molar refractivity (Wildman–Crippen MR) is 96.8 cm³/mol. The zero-order valence-corrected chi connectivity index (χ0v) is 14.1. The molecule has 0 saturated heterocycles. The van der Waals surface area contributed by atoms with E-state index in [1.807, 2.05) is 0 Å². The molecular formula is C22H30. The van der Waals surface area contributed by atoms with Gasteiger partial charge in [0.2, 0.25) is 0 Å². The van der Waals surface area contributed by atoms with Gasteiger partial charge in [-0.05, 0) is 87.2 Å². The minimum Gasteiger partial charge on any atom is -0.103 e. The van der Waals surface area contributed by atoms with Crippen LogP contribution in [0.15, 0.2) is 43.0 Å². The van der Waals surface area contributed by atoms with Crippen LogP contribution in [-0.2, 0) is 0 Å². The van der Waals surface area contributed by atoms with Gasteiger partial charge in [-0.15, -0.1) is 6.58 Å². The SMILES string of the molecule is C=CC1CCC(CC2CC=C(c3ccc(C)cc3)CC2)CC1. The summed E-state index contributed by atoms with van der Waals surface area (Å²) >= 11 is 0. The van der Waals surface area contributed by atoms with E-state index < -0.39 is 0 Å². The number of aryl methyl sites for hydroxylation is 1. The molecule has 0 nitrogen and oxygen atoms in total.